The maximum absolute atomic E-state index is 11.4. The molecule has 0 aliphatic carbocycles. The van der Waals surface area contributed by atoms with E-state index in [2.05, 4.69) is 10.3 Å². The summed E-state index contributed by atoms with van der Waals surface area (Å²) in [5.74, 6) is -2.89. The van der Waals surface area contributed by atoms with Gasteiger partial charge >= 0.3 is 11.9 Å². The molecule has 1 rings (SSSR count). The maximum atomic E-state index is 11.4. The Bertz CT molecular complexity index is 486. The smallest absolute Gasteiger partial charge is 0.354 e. The van der Waals surface area contributed by atoms with Gasteiger partial charge in [-0.05, 0) is 11.6 Å². The third-order valence-electron chi connectivity index (χ3n) is 2.24. The average molecular weight is 267 g/mol. The summed E-state index contributed by atoms with van der Waals surface area (Å²) in [5.41, 5.74) is 5.84. The molecule has 1 amide bonds. The van der Waals surface area contributed by atoms with Gasteiger partial charge in [-0.3, -0.25) is 9.59 Å². The molecule has 0 radical (unpaired) electrons. The Morgan fingerprint density at radius 1 is 1.32 bits per heavy atom. The molecule has 0 spiro atoms. The topological polar surface area (TPSA) is 143 Å². The number of rotatable bonds is 6. The molecule has 1 aromatic heterocycles. The number of nitrogens with zero attached hydrogens (tertiary/aromatic N) is 1. The molecule has 8 heteroatoms. The molecule has 0 aliphatic rings. The zero-order chi connectivity index (χ0) is 14.4. The molecule has 0 fully saturated rings. The van der Waals surface area contributed by atoms with E-state index in [0.717, 1.165) is 0 Å². The van der Waals surface area contributed by atoms with Crippen molar-refractivity contribution in [1.82, 2.24) is 10.3 Å². The predicted molar refractivity (Wildman–Crippen MR) is 63.3 cm³/mol. The third-order valence-corrected chi connectivity index (χ3v) is 2.24. The first-order valence-corrected chi connectivity index (χ1v) is 5.33. The summed E-state index contributed by atoms with van der Waals surface area (Å²) in [7, 11) is 0. The summed E-state index contributed by atoms with van der Waals surface area (Å²) in [6.07, 6.45) is 0.856. The van der Waals surface area contributed by atoms with Gasteiger partial charge in [-0.2, -0.15) is 0 Å². The molecule has 1 atom stereocenters. The number of carbonyl (C=O) groups excluding carboxylic acids is 1. The van der Waals surface area contributed by atoms with Crippen LogP contribution in [-0.2, 0) is 16.1 Å². The van der Waals surface area contributed by atoms with Crippen molar-refractivity contribution >= 4 is 17.8 Å². The van der Waals surface area contributed by atoms with E-state index >= 15 is 0 Å². The lowest BCUT2D eigenvalue weighted by molar-refractivity contribution is -0.139. The fourth-order valence-electron chi connectivity index (χ4n) is 1.26. The maximum Gasteiger partial charge on any atom is 0.354 e. The van der Waals surface area contributed by atoms with Crippen molar-refractivity contribution in [2.45, 2.75) is 19.0 Å². The second-order valence-electron chi connectivity index (χ2n) is 3.78. The van der Waals surface area contributed by atoms with Crippen LogP contribution in [0.15, 0.2) is 18.3 Å². The first kappa shape index (κ1) is 14.6. The van der Waals surface area contributed by atoms with Crippen LogP contribution in [0.1, 0.15) is 22.5 Å². The molecule has 102 valence electrons. The van der Waals surface area contributed by atoms with Gasteiger partial charge in [-0.15, -0.1) is 0 Å². The van der Waals surface area contributed by atoms with Crippen LogP contribution in [0.3, 0.4) is 0 Å². The van der Waals surface area contributed by atoms with E-state index in [9.17, 15) is 14.4 Å². The molecule has 0 aliphatic heterocycles. The summed E-state index contributed by atoms with van der Waals surface area (Å²) in [4.78, 5) is 36.0. The lowest BCUT2D eigenvalue weighted by Gasteiger charge is -2.10. The number of hydrogen-bond acceptors (Lipinski definition) is 5. The highest BCUT2D eigenvalue weighted by Crippen LogP contribution is 2.00. The van der Waals surface area contributed by atoms with Crippen LogP contribution in [0.4, 0.5) is 0 Å². The number of pyridine rings is 1. The normalized spacial score (nSPS) is 11.6. The van der Waals surface area contributed by atoms with E-state index in [1.165, 1.54) is 18.3 Å². The van der Waals surface area contributed by atoms with Crippen molar-refractivity contribution in [1.29, 1.82) is 0 Å². The highest BCUT2D eigenvalue weighted by Gasteiger charge is 2.16. The van der Waals surface area contributed by atoms with Gasteiger partial charge in [0.05, 0.1) is 12.5 Å². The Balaban J connectivity index is 2.50. The minimum Gasteiger partial charge on any atom is -0.481 e. The number of hydrogen-bond donors (Lipinski definition) is 4. The predicted octanol–water partition coefficient (Wildman–Crippen LogP) is -0.802. The number of amides is 1. The van der Waals surface area contributed by atoms with Gasteiger partial charge in [0.2, 0.25) is 5.91 Å². The number of aromatic carboxylic acids is 1. The first-order valence-electron chi connectivity index (χ1n) is 5.33. The van der Waals surface area contributed by atoms with Crippen LogP contribution in [0.25, 0.3) is 0 Å². The lowest BCUT2D eigenvalue weighted by Crippen LogP contribution is -2.41. The van der Waals surface area contributed by atoms with Crippen LogP contribution in [0, 0.1) is 0 Å². The van der Waals surface area contributed by atoms with E-state index in [0.29, 0.717) is 5.56 Å². The number of carboxylic acids is 2. The zero-order valence-electron chi connectivity index (χ0n) is 9.87. The van der Waals surface area contributed by atoms with Gasteiger partial charge in [-0.1, -0.05) is 6.07 Å². The van der Waals surface area contributed by atoms with Gasteiger partial charge in [0.1, 0.15) is 5.69 Å². The highest BCUT2D eigenvalue weighted by atomic mass is 16.4. The largest absolute Gasteiger partial charge is 0.481 e. The third kappa shape index (κ3) is 4.72. The molecule has 8 nitrogen and oxygen atoms in total. The van der Waals surface area contributed by atoms with Crippen molar-refractivity contribution in [2.75, 3.05) is 0 Å². The summed E-state index contributed by atoms with van der Waals surface area (Å²) >= 11 is 0. The number of nitrogens with two attached hydrogens (primary N) is 1. The lowest BCUT2D eigenvalue weighted by atomic mass is 10.2. The van der Waals surface area contributed by atoms with Gasteiger partial charge in [0.25, 0.3) is 0 Å². The zero-order valence-corrected chi connectivity index (χ0v) is 9.87. The molecule has 0 bridgehead atoms. The van der Waals surface area contributed by atoms with E-state index in [1.54, 1.807) is 0 Å². The number of aliphatic carboxylic acids is 1. The van der Waals surface area contributed by atoms with E-state index in [-0.39, 0.29) is 12.2 Å². The van der Waals surface area contributed by atoms with E-state index < -0.39 is 30.3 Å². The monoisotopic (exact) mass is 267 g/mol. The highest BCUT2D eigenvalue weighted by molar-refractivity contribution is 5.86. The number of carboxylic acid groups (broad SMARTS) is 2. The van der Waals surface area contributed by atoms with Gasteiger partial charge in [0.15, 0.2) is 0 Å². The molecular formula is C11H13N3O5. The first-order chi connectivity index (χ1) is 8.90. The second kappa shape index (κ2) is 6.45. The molecule has 0 saturated carbocycles. The molecule has 0 aromatic carbocycles. The Morgan fingerprint density at radius 3 is 2.47 bits per heavy atom. The number of nitrogens with one attached hydrogen (secondary N) is 1. The molecular weight excluding hydrogens is 254 g/mol. The quantitative estimate of drug-likeness (QED) is 0.528. The fraction of sp³-hybridized carbons (Fsp3) is 0.273. The molecule has 1 unspecified atom stereocenters. The molecule has 1 heterocycles. The van der Waals surface area contributed by atoms with E-state index in [4.69, 9.17) is 15.9 Å². The summed E-state index contributed by atoms with van der Waals surface area (Å²) in [6, 6.07) is 1.68. The second-order valence-corrected chi connectivity index (χ2v) is 3.78. The van der Waals surface area contributed by atoms with Crippen molar-refractivity contribution in [2.24, 2.45) is 5.73 Å². The van der Waals surface area contributed by atoms with Crippen molar-refractivity contribution in [3.05, 3.63) is 29.6 Å². The van der Waals surface area contributed by atoms with Crippen molar-refractivity contribution in [3.63, 3.8) is 0 Å². The molecule has 1 aromatic rings. The summed E-state index contributed by atoms with van der Waals surface area (Å²) in [5, 5.41) is 19.6. The summed E-state index contributed by atoms with van der Waals surface area (Å²) < 4.78 is 0. The van der Waals surface area contributed by atoms with Gasteiger partial charge in [0, 0.05) is 12.7 Å². The van der Waals surface area contributed by atoms with Gasteiger partial charge in [-0.25, -0.2) is 9.78 Å². The summed E-state index contributed by atoms with van der Waals surface area (Å²) in [6.45, 7) is 0.0963. The van der Waals surface area contributed by atoms with Crippen LogP contribution in [-0.4, -0.2) is 39.1 Å². The SMILES string of the molecule is NC(CC(=O)O)C(=O)NCc1ccc(C(=O)O)nc1. The Hall–Kier alpha value is -2.48. The van der Waals surface area contributed by atoms with Crippen LogP contribution in [0.5, 0.6) is 0 Å². The number of carbonyl (C=O) groups is 3. The number of aromatic nitrogens is 1. The standard InChI is InChI=1S/C11H13N3O5/c12-7(3-9(15)16)10(17)14-5-6-1-2-8(11(18)19)13-4-6/h1-2,4,7H,3,5,12H2,(H,14,17)(H,15,16)(H,18,19). The molecule has 5 N–H and O–H groups in total. The fourth-order valence-corrected chi connectivity index (χ4v) is 1.26. The Kier molecular flexibility index (Phi) is 4.95. The molecule has 19 heavy (non-hydrogen) atoms. The van der Waals surface area contributed by atoms with Crippen LogP contribution >= 0.6 is 0 Å². The van der Waals surface area contributed by atoms with Crippen LogP contribution in [0.2, 0.25) is 0 Å². The minimum atomic E-state index is -1.16. The van der Waals surface area contributed by atoms with Crippen molar-refractivity contribution < 1.29 is 24.6 Å². The van der Waals surface area contributed by atoms with Gasteiger partial charge < -0.3 is 21.3 Å². The molecule has 0 saturated heterocycles. The average Bonchev–Trinajstić information content (AvgIpc) is 2.35. The Labute approximate surface area is 108 Å². The van der Waals surface area contributed by atoms with E-state index in [1.807, 2.05) is 0 Å². The Morgan fingerprint density at radius 2 is 2.00 bits per heavy atom. The minimum absolute atomic E-state index is 0.0963. The van der Waals surface area contributed by atoms with Crippen LogP contribution < -0.4 is 11.1 Å². The van der Waals surface area contributed by atoms with Crippen molar-refractivity contribution in [3.8, 4) is 0 Å².